The zero-order chi connectivity index (χ0) is 17.8. The average Bonchev–Trinajstić information content (AvgIpc) is 3.01. The number of hydrogen-bond donors (Lipinski definition) is 2. The second-order valence-corrected chi connectivity index (χ2v) is 7.93. The lowest BCUT2D eigenvalue weighted by molar-refractivity contribution is -0.118. The van der Waals surface area contributed by atoms with Gasteiger partial charge in [-0.15, -0.1) is 11.3 Å². The van der Waals surface area contributed by atoms with Crippen LogP contribution in [0.4, 0.5) is 0 Å². The molecule has 0 saturated heterocycles. The predicted octanol–water partition coefficient (Wildman–Crippen LogP) is 4.55. The van der Waals surface area contributed by atoms with Crippen molar-refractivity contribution in [2.45, 2.75) is 4.34 Å². The maximum absolute atomic E-state index is 11.8. The number of phenols is 1. The van der Waals surface area contributed by atoms with Crippen molar-refractivity contribution in [2.75, 3.05) is 5.75 Å². The smallest absolute Gasteiger partial charge is 0.250 e. The number of thioether (sulfide) groups is 1. The molecule has 128 valence electrons. The summed E-state index contributed by atoms with van der Waals surface area (Å²) < 4.78 is 1.92. The molecule has 5 nitrogen and oxygen atoms in total. The number of para-hydroxylation sites is 1. The minimum Gasteiger partial charge on any atom is -0.505 e. The molecule has 0 aliphatic carbocycles. The summed E-state index contributed by atoms with van der Waals surface area (Å²) in [4.78, 5) is 16.3. The van der Waals surface area contributed by atoms with Crippen LogP contribution in [0, 0.1) is 0 Å². The molecule has 0 fully saturated rings. The number of nitrogens with zero attached hydrogens (tertiary/aromatic N) is 2. The van der Waals surface area contributed by atoms with Crippen LogP contribution in [0.3, 0.4) is 0 Å². The fourth-order valence-electron chi connectivity index (χ4n) is 1.91. The zero-order valence-corrected chi connectivity index (χ0v) is 15.7. The minimum atomic E-state index is -0.253. The molecule has 0 aliphatic rings. The van der Waals surface area contributed by atoms with Crippen LogP contribution >= 0.6 is 46.3 Å². The van der Waals surface area contributed by atoms with Crippen molar-refractivity contribution in [2.24, 2.45) is 5.10 Å². The van der Waals surface area contributed by atoms with Gasteiger partial charge in [-0.2, -0.15) is 5.10 Å². The molecular weight excluding hydrogens is 401 g/mol. The van der Waals surface area contributed by atoms with E-state index in [1.165, 1.54) is 30.1 Å². The number of benzene rings is 2. The second-order valence-electron chi connectivity index (χ2n) is 4.86. The largest absolute Gasteiger partial charge is 0.505 e. The van der Waals surface area contributed by atoms with Gasteiger partial charge in [0.2, 0.25) is 0 Å². The molecule has 3 rings (SSSR count). The number of thiazole rings is 1. The number of nitrogens with one attached hydrogen (secondary N) is 1. The van der Waals surface area contributed by atoms with Crippen LogP contribution in [-0.2, 0) is 4.79 Å². The van der Waals surface area contributed by atoms with E-state index in [-0.39, 0.29) is 27.5 Å². The Bertz CT molecular complexity index is 903. The Hall–Kier alpha value is -1.80. The van der Waals surface area contributed by atoms with E-state index in [1.54, 1.807) is 11.3 Å². The molecule has 0 unspecified atom stereocenters. The highest BCUT2D eigenvalue weighted by atomic mass is 35.5. The van der Waals surface area contributed by atoms with Crippen molar-refractivity contribution in [3.63, 3.8) is 0 Å². The fourth-order valence-corrected chi connectivity index (χ4v) is 4.28. The van der Waals surface area contributed by atoms with Gasteiger partial charge in [-0.3, -0.25) is 4.79 Å². The van der Waals surface area contributed by atoms with Crippen LogP contribution in [0.25, 0.3) is 10.2 Å². The molecule has 3 aromatic rings. The van der Waals surface area contributed by atoms with E-state index >= 15 is 0 Å². The summed E-state index contributed by atoms with van der Waals surface area (Å²) in [5.74, 6) is -0.234. The molecule has 0 spiro atoms. The topological polar surface area (TPSA) is 74.6 Å². The first-order valence-electron chi connectivity index (χ1n) is 7.01. The molecular formula is C16H11Cl2N3O2S2. The zero-order valence-electron chi connectivity index (χ0n) is 12.6. The van der Waals surface area contributed by atoms with Crippen molar-refractivity contribution in [3.8, 4) is 5.75 Å². The van der Waals surface area contributed by atoms with Gasteiger partial charge in [0.1, 0.15) is 0 Å². The van der Waals surface area contributed by atoms with E-state index < -0.39 is 0 Å². The Morgan fingerprint density at radius 3 is 2.76 bits per heavy atom. The quantitative estimate of drug-likeness (QED) is 0.366. The summed E-state index contributed by atoms with van der Waals surface area (Å²) >= 11 is 14.5. The summed E-state index contributed by atoms with van der Waals surface area (Å²) in [6, 6.07) is 10.8. The third-order valence-corrected chi connectivity index (χ3v) is 5.80. The van der Waals surface area contributed by atoms with Crippen LogP contribution in [0.15, 0.2) is 45.8 Å². The van der Waals surface area contributed by atoms with E-state index in [0.29, 0.717) is 5.56 Å². The Morgan fingerprint density at radius 2 is 2.04 bits per heavy atom. The van der Waals surface area contributed by atoms with E-state index in [2.05, 4.69) is 15.5 Å². The highest BCUT2D eigenvalue weighted by molar-refractivity contribution is 8.01. The number of aromatic nitrogens is 1. The first-order chi connectivity index (χ1) is 12.0. The molecule has 0 aliphatic heterocycles. The van der Waals surface area contributed by atoms with Crippen LogP contribution < -0.4 is 5.43 Å². The second kappa shape index (κ2) is 8.05. The third-order valence-electron chi connectivity index (χ3n) is 3.04. The van der Waals surface area contributed by atoms with E-state index in [4.69, 9.17) is 23.2 Å². The summed E-state index contributed by atoms with van der Waals surface area (Å²) in [5.41, 5.74) is 3.91. The highest BCUT2D eigenvalue weighted by Crippen LogP contribution is 2.32. The number of halogens is 2. The van der Waals surface area contributed by atoms with E-state index in [9.17, 15) is 9.90 Å². The SMILES string of the molecule is O=C(CSc1nc2ccccc2s1)N/N=C/c1cc(Cl)c(O)c(Cl)c1. The predicted molar refractivity (Wildman–Crippen MR) is 104 cm³/mol. The number of carbonyl (C=O) groups is 1. The number of carbonyl (C=O) groups excluding carboxylic acids is 1. The summed E-state index contributed by atoms with van der Waals surface area (Å²) in [6.07, 6.45) is 1.40. The Kier molecular flexibility index (Phi) is 5.80. The van der Waals surface area contributed by atoms with Crippen molar-refractivity contribution >= 4 is 68.6 Å². The highest BCUT2D eigenvalue weighted by Gasteiger charge is 2.08. The van der Waals surface area contributed by atoms with Crippen molar-refractivity contribution in [1.82, 2.24) is 10.4 Å². The van der Waals surface area contributed by atoms with Gasteiger partial charge in [0.05, 0.1) is 32.2 Å². The number of amides is 1. The molecule has 1 heterocycles. The van der Waals surface area contributed by atoms with Crippen LogP contribution in [0.1, 0.15) is 5.56 Å². The molecule has 9 heteroatoms. The first-order valence-corrected chi connectivity index (χ1v) is 9.57. The molecule has 1 amide bonds. The van der Waals surface area contributed by atoms with Gasteiger partial charge in [0.25, 0.3) is 5.91 Å². The number of rotatable bonds is 5. The first kappa shape index (κ1) is 18.0. The van der Waals surface area contributed by atoms with Gasteiger partial charge in [-0.1, -0.05) is 47.1 Å². The van der Waals surface area contributed by atoms with E-state index in [1.807, 2.05) is 24.3 Å². The summed E-state index contributed by atoms with van der Waals surface area (Å²) in [6.45, 7) is 0. The van der Waals surface area contributed by atoms with Crippen LogP contribution in [0.2, 0.25) is 10.0 Å². The summed E-state index contributed by atoms with van der Waals surface area (Å²) in [7, 11) is 0. The molecule has 2 N–H and O–H groups in total. The monoisotopic (exact) mass is 411 g/mol. The van der Waals surface area contributed by atoms with Crippen LogP contribution in [0.5, 0.6) is 5.75 Å². The fraction of sp³-hybridized carbons (Fsp3) is 0.0625. The van der Waals surface area contributed by atoms with E-state index in [0.717, 1.165) is 14.6 Å². The lowest BCUT2D eigenvalue weighted by Gasteiger charge is -2.01. The molecule has 0 bridgehead atoms. The Labute approximate surface area is 161 Å². The number of aromatic hydroxyl groups is 1. The Morgan fingerprint density at radius 1 is 1.32 bits per heavy atom. The van der Waals surface area contributed by atoms with Crippen molar-refractivity contribution < 1.29 is 9.90 Å². The molecule has 2 aromatic carbocycles. The maximum Gasteiger partial charge on any atom is 0.250 e. The number of hydrazone groups is 1. The summed E-state index contributed by atoms with van der Waals surface area (Å²) in [5, 5.41) is 13.6. The van der Waals surface area contributed by atoms with Gasteiger partial charge in [-0.05, 0) is 29.8 Å². The number of fused-ring (bicyclic) bond motifs is 1. The van der Waals surface area contributed by atoms with Gasteiger partial charge in [0, 0.05) is 0 Å². The number of hydrogen-bond acceptors (Lipinski definition) is 6. The molecule has 0 atom stereocenters. The lowest BCUT2D eigenvalue weighted by Crippen LogP contribution is -2.19. The third kappa shape index (κ3) is 4.64. The average molecular weight is 412 g/mol. The van der Waals surface area contributed by atoms with Gasteiger partial charge >= 0.3 is 0 Å². The van der Waals surface area contributed by atoms with Gasteiger partial charge < -0.3 is 5.11 Å². The van der Waals surface area contributed by atoms with Crippen molar-refractivity contribution in [3.05, 3.63) is 52.0 Å². The molecule has 0 radical (unpaired) electrons. The maximum atomic E-state index is 11.8. The molecule has 0 saturated carbocycles. The molecule has 25 heavy (non-hydrogen) atoms. The Balaban J connectivity index is 1.54. The van der Waals surface area contributed by atoms with Gasteiger partial charge in [0.15, 0.2) is 10.1 Å². The lowest BCUT2D eigenvalue weighted by atomic mass is 10.2. The normalized spacial score (nSPS) is 11.3. The van der Waals surface area contributed by atoms with Gasteiger partial charge in [-0.25, -0.2) is 10.4 Å². The van der Waals surface area contributed by atoms with Crippen LogP contribution in [-0.4, -0.2) is 28.0 Å². The number of phenolic OH excluding ortho intramolecular Hbond substituents is 1. The van der Waals surface area contributed by atoms with Crippen molar-refractivity contribution in [1.29, 1.82) is 0 Å². The molecule has 1 aromatic heterocycles. The minimum absolute atomic E-state index is 0.117. The standard InChI is InChI=1S/C16H11Cl2N3O2S2/c17-10-5-9(6-11(18)15(10)23)7-19-21-14(22)8-24-16-20-12-3-1-2-4-13(12)25-16/h1-7,23H,8H2,(H,21,22)/b19-7+.